The third-order valence-corrected chi connectivity index (χ3v) is 5.86. The van der Waals surface area contributed by atoms with E-state index >= 15 is 0 Å². The smallest absolute Gasteiger partial charge is 0.254 e. The molecule has 162 valence electrons. The minimum atomic E-state index is -0.719. The van der Waals surface area contributed by atoms with Gasteiger partial charge in [0.05, 0.1) is 11.7 Å². The molecule has 2 saturated heterocycles. The Kier molecular flexibility index (Phi) is 6.13. The molecular weight excluding hydrogens is 394 g/mol. The highest BCUT2D eigenvalue weighted by molar-refractivity contribution is 6.03. The lowest BCUT2D eigenvalue weighted by atomic mass is 9.99. The summed E-state index contributed by atoms with van der Waals surface area (Å²) in [5.74, 6) is -0.455. The Morgan fingerprint density at radius 2 is 2.00 bits per heavy atom. The van der Waals surface area contributed by atoms with Crippen molar-refractivity contribution in [3.8, 4) is 11.1 Å². The lowest BCUT2D eigenvalue weighted by molar-refractivity contribution is -0.138. The van der Waals surface area contributed by atoms with E-state index in [1.807, 2.05) is 44.2 Å². The number of nitrogens with one attached hydrogen (secondary N) is 1. The number of ether oxygens (including phenoxy) is 1. The van der Waals surface area contributed by atoms with Gasteiger partial charge in [0, 0.05) is 18.9 Å². The summed E-state index contributed by atoms with van der Waals surface area (Å²) in [5, 5.41) is 2.92. The second-order valence-electron chi connectivity index (χ2n) is 8.52. The molecule has 0 bridgehead atoms. The summed E-state index contributed by atoms with van der Waals surface area (Å²) in [5.41, 5.74) is 2.07. The van der Waals surface area contributed by atoms with Gasteiger partial charge < -0.3 is 15.0 Å². The molecule has 1 aromatic carbocycles. The molecule has 7 heteroatoms. The molecule has 2 amide bonds. The third-order valence-electron chi connectivity index (χ3n) is 5.86. The van der Waals surface area contributed by atoms with Crippen LogP contribution in [0.25, 0.3) is 11.1 Å². The number of amides is 2. The zero-order chi connectivity index (χ0) is 22.0. The average molecular weight is 421 g/mol. The maximum atomic E-state index is 13.4. The first-order valence-electron chi connectivity index (χ1n) is 10.7. The van der Waals surface area contributed by atoms with Crippen LogP contribution >= 0.6 is 0 Å². The second-order valence-corrected chi connectivity index (χ2v) is 8.52. The van der Waals surface area contributed by atoms with E-state index in [0.717, 1.165) is 11.1 Å². The topological polar surface area (TPSA) is 88.6 Å². The summed E-state index contributed by atoms with van der Waals surface area (Å²) >= 11 is 0. The normalized spacial score (nSPS) is 21.3. The van der Waals surface area contributed by atoms with Crippen molar-refractivity contribution in [3.63, 3.8) is 0 Å². The fourth-order valence-electron chi connectivity index (χ4n) is 4.42. The third kappa shape index (κ3) is 4.37. The monoisotopic (exact) mass is 421 g/mol. The van der Waals surface area contributed by atoms with Gasteiger partial charge in [0.15, 0.2) is 5.78 Å². The summed E-state index contributed by atoms with van der Waals surface area (Å²) in [6.07, 6.45) is 4.07. The van der Waals surface area contributed by atoms with Crippen molar-refractivity contribution in [2.75, 3.05) is 13.2 Å². The van der Waals surface area contributed by atoms with Gasteiger partial charge in [-0.3, -0.25) is 19.4 Å². The van der Waals surface area contributed by atoms with Gasteiger partial charge in [-0.1, -0.05) is 44.2 Å². The van der Waals surface area contributed by atoms with E-state index in [1.54, 1.807) is 17.2 Å². The number of fused-ring (bicyclic) bond motifs is 1. The summed E-state index contributed by atoms with van der Waals surface area (Å²) in [4.78, 5) is 44.6. The Bertz CT molecular complexity index is 976. The number of likely N-dealkylation sites (tertiary alicyclic amines) is 1. The molecule has 7 nitrogen and oxygen atoms in total. The molecule has 2 fully saturated rings. The van der Waals surface area contributed by atoms with Crippen molar-refractivity contribution in [2.24, 2.45) is 5.92 Å². The molecule has 0 saturated carbocycles. The van der Waals surface area contributed by atoms with Crippen LogP contribution in [0.5, 0.6) is 0 Å². The van der Waals surface area contributed by atoms with E-state index in [2.05, 4.69) is 10.3 Å². The molecule has 4 rings (SSSR count). The Morgan fingerprint density at radius 3 is 2.74 bits per heavy atom. The van der Waals surface area contributed by atoms with Crippen molar-refractivity contribution >= 4 is 17.6 Å². The molecule has 31 heavy (non-hydrogen) atoms. The number of hydrogen-bond acceptors (Lipinski definition) is 5. The van der Waals surface area contributed by atoms with E-state index in [1.165, 1.54) is 6.20 Å². The van der Waals surface area contributed by atoms with Crippen molar-refractivity contribution in [2.45, 2.75) is 44.9 Å². The van der Waals surface area contributed by atoms with Crippen molar-refractivity contribution < 1.29 is 19.1 Å². The molecule has 0 aliphatic carbocycles. The number of hydrogen-bond donors (Lipinski definition) is 1. The molecule has 1 aromatic heterocycles. The van der Waals surface area contributed by atoms with Crippen LogP contribution in [-0.4, -0.2) is 58.8 Å². The van der Waals surface area contributed by atoms with Crippen LogP contribution in [0.2, 0.25) is 0 Å². The highest BCUT2D eigenvalue weighted by Gasteiger charge is 2.48. The fourth-order valence-corrected chi connectivity index (χ4v) is 4.42. The van der Waals surface area contributed by atoms with Crippen LogP contribution in [0.3, 0.4) is 0 Å². The number of carbonyl (C=O) groups excluding carboxylic acids is 3. The van der Waals surface area contributed by atoms with E-state index in [9.17, 15) is 14.4 Å². The number of Topliss-reactive ketones (excluding diaryl/α,β-unsaturated/α-hetero) is 1. The van der Waals surface area contributed by atoms with Gasteiger partial charge in [0.2, 0.25) is 5.91 Å². The van der Waals surface area contributed by atoms with Gasteiger partial charge >= 0.3 is 0 Å². The number of aromatic nitrogens is 1. The minimum Gasteiger partial charge on any atom is -0.368 e. The lowest BCUT2D eigenvalue weighted by Crippen LogP contribution is -2.52. The van der Waals surface area contributed by atoms with Crippen molar-refractivity contribution in [3.05, 3.63) is 54.4 Å². The fraction of sp³-hybridized carbons (Fsp3) is 0.417. The maximum Gasteiger partial charge on any atom is 0.254 e. The molecule has 2 aliphatic heterocycles. The predicted molar refractivity (Wildman–Crippen MR) is 115 cm³/mol. The Balaban J connectivity index is 1.57. The number of benzene rings is 1. The van der Waals surface area contributed by atoms with Crippen LogP contribution in [0.4, 0.5) is 0 Å². The lowest BCUT2D eigenvalue weighted by Gasteiger charge is -2.28. The number of carbonyl (C=O) groups is 3. The first-order valence-corrected chi connectivity index (χ1v) is 10.7. The zero-order valence-corrected chi connectivity index (χ0v) is 17.8. The van der Waals surface area contributed by atoms with Crippen LogP contribution in [0.15, 0.2) is 48.8 Å². The molecule has 3 heterocycles. The molecule has 2 aromatic rings. The molecule has 0 spiro atoms. The van der Waals surface area contributed by atoms with Crippen molar-refractivity contribution in [1.29, 1.82) is 0 Å². The second kappa shape index (κ2) is 8.98. The van der Waals surface area contributed by atoms with Crippen LogP contribution in [0.1, 0.15) is 37.0 Å². The predicted octanol–water partition coefficient (Wildman–Crippen LogP) is 2.46. The summed E-state index contributed by atoms with van der Waals surface area (Å²) < 4.78 is 5.51. The van der Waals surface area contributed by atoms with Gasteiger partial charge in [-0.25, -0.2) is 0 Å². The number of pyridine rings is 1. The minimum absolute atomic E-state index is 0.0520. The molecule has 2 aliphatic rings. The summed E-state index contributed by atoms with van der Waals surface area (Å²) in [6.45, 7) is 4.52. The van der Waals surface area contributed by atoms with Gasteiger partial charge in [-0.15, -0.1) is 0 Å². The van der Waals surface area contributed by atoms with E-state index in [0.29, 0.717) is 24.9 Å². The molecule has 3 atom stereocenters. The van der Waals surface area contributed by atoms with Gasteiger partial charge in [-0.2, -0.15) is 0 Å². The molecule has 1 N–H and O–H groups in total. The van der Waals surface area contributed by atoms with Crippen molar-refractivity contribution in [1.82, 2.24) is 15.2 Å². The molecule has 3 unspecified atom stereocenters. The number of rotatable bonds is 6. The zero-order valence-electron chi connectivity index (χ0n) is 17.8. The number of nitrogens with zero attached hydrogens (tertiary/aromatic N) is 2. The van der Waals surface area contributed by atoms with Gasteiger partial charge in [-0.05, 0) is 36.0 Å². The Hall–Kier alpha value is -3.06. The van der Waals surface area contributed by atoms with Gasteiger partial charge in [0.25, 0.3) is 5.91 Å². The van der Waals surface area contributed by atoms with Crippen LogP contribution < -0.4 is 5.32 Å². The van der Waals surface area contributed by atoms with E-state index in [-0.39, 0.29) is 36.2 Å². The maximum absolute atomic E-state index is 13.4. The van der Waals surface area contributed by atoms with Gasteiger partial charge in [0.1, 0.15) is 18.7 Å². The summed E-state index contributed by atoms with van der Waals surface area (Å²) in [6, 6.07) is 10.1. The first-order chi connectivity index (χ1) is 15.0. The Morgan fingerprint density at radius 1 is 1.23 bits per heavy atom. The van der Waals surface area contributed by atoms with Crippen LogP contribution in [0, 0.1) is 5.92 Å². The molecular formula is C24H27N3O4. The summed E-state index contributed by atoms with van der Waals surface area (Å²) in [7, 11) is 0. The number of ketones is 1. The van der Waals surface area contributed by atoms with Crippen LogP contribution in [-0.2, 0) is 14.3 Å². The quantitative estimate of drug-likeness (QED) is 0.774. The standard InChI is InChI=1S/C24H27N3O4/c1-15(2)12-19(24(30)27-11-9-21-22(27)20(28)14-31-21)26-23(29)18-13-25-10-8-17(18)16-6-4-3-5-7-16/h3-8,10,13,15,19,21-22H,9,11-12,14H2,1-2H3,(H,26,29). The average Bonchev–Trinajstić information content (AvgIpc) is 3.36. The largest absolute Gasteiger partial charge is 0.368 e. The molecule has 0 radical (unpaired) electrons. The Labute approximate surface area is 181 Å². The van der Waals surface area contributed by atoms with E-state index in [4.69, 9.17) is 4.74 Å². The SMILES string of the molecule is CC(C)CC(NC(=O)c1cnccc1-c1ccccc1)C(=O)N1CCC2OCC(=O)C21. The van der Waals surface area contributed by atoms with E-state index < -0.39 is 12.1 Å². The highest BCUT2D eigenvalue weighted by Crippen LogP contribution is 2.28. The first kappa shape index (κ1) is 21.2. The highest BCUT2D eigenvalue weighted by atomic mass is 16.5.